The lowest BCUT2D eigenvalue weighted by atomic mass is 10.2. The van der Waals surface area contributed by atoms with Gasteiger partial charge in [0.05, 0.1) is 4.92 Å². The normalized spacial score (nSPS) is 10.3. The van der Waals surface area contributed by atoms with Crippen LogP contribution in [-0.2, 0) is 4.79 Å². The fourth-order valence-electron chi connectivity index (χ4n) is 2.47. The van der Waals surface area contributed by atoms with Crippen LogP contribution in [0.1, 0.15) is 26.7 Å². The average molecular weight is 399 g/mol. The molecule has 0 heterocycles. The van der Waals surface area contributed by atoms with Crippen molar-refractivity contribution >= 4 is 34.7 Å². The van der Waals surface area contributed by atoms with Crippen LogP contribution in [0.15, 0.2) is 48.5 Å². The van der Waals surface area contributed by atoms with E-state index in [0.717, 1.165) is 5.69 Å². The number of nitrogens with one attached hydrogen (secondary N) is 4. The van der Waals surface area contributed by atoms with E-state index in [1.54, 1.807) is 36.4 Å². The highest BCUT2D eigenvalue weighted by Gasteiger charge is 2.06. The number of urea groups is 1. The third kappa shape index (κ3) is 7.87. The number of rotatable bonds is 9. The van der Waals surface area contributed by atoms with E-state index in [1.165, 1.54) is 12.1 Å². The van der Waals surface area contributed by atoms with Crippen molar-refractivity contribution in [3.05, 3.63) is 58.6 Å². The van der Waals surface area contributed by atoms with Crippen LogP contribution in [0.4, 0.5) is 27.5 Å². The van der Waals surface area contributed by atoms with Gasteiger partial charge in [-0.15, -0.1) is 0 Å². The Bertz CT molecular complexity index is 835. The molecule has 0 saturated heterocycles. The minimum Gasteiger partial charge on any atom is -0.385 e. The molecule has 0 aliphatic carbocycles. The molecule has 0 fully saturated rings. The summed E-state index contributed by atoms with van der Waals surface area (Å²) in [6.45, 7) is 4.32. The van der Waals surface area contributed by atoms with Gasteiger partial charge in [0, 0.05) is 48.2 Å². The molecule has 0 radical (unpaired) electrons. The smallest absolute Gasteiger partial charge is 0.319 e. The summed E-state index contributed by atoms with van der Waals surface area (Å²) >= 11 is 0. The van der Waals surface area contributed by atoms with E-state index in [2.05, 4.69) is 21.3 Å². The van der Waals surface area contributed by atoms with Gasteiger partial charge in [0.1, 0.15) is 0 Å². The molecule has 0 saturated carbocycles. The fourth-order valence-corrected chi connectivity index (χ4v) is 2.47. The van der Waals surface area contributed by atoms with Crippen molar-refractivity contribution in [1.82, 2.24) is 5.32 Å². The van der Waals surface area contributed by atoms with Gasteiger partial charge in [0.15, 0.2) is 0 Å². The highest BCUT2D eigenvalue weighted by molar-refractivity contribution is 5.92. The molecule has 0 aromatic heterocycles. The number of carbonyl (C=O) groups excluding carboxylic acids is 2. The zero-order chi connectivity index (χ0) is 21.2. The largest absolute Gasteiger partial charge is 0.385 e. The summed E-state index contributed by atoms with van der Waals surface area (Å²) < 4.78 is 0. The molecule has 0 aliphatic rings. The number of carbonyl (C=O) groups is 2. The molecule has 3 amide bonds. The number of amides is 3. The van der Waals surface area contributed by atoms with Gasteiger partial charge >= 0.3 is 6.03 Å². The second-order valence-corrected chi connectivity index (χ2v) is 6.71. The van der Waals surface area contributed by atoms with Gasteiger partial charge < -0.3 is 21.3 Å². The minimum atomic E-state index is -0.447. The summed E-state index contributed by atoms with van der Waals surface area (Å²) in [6.07, 6.45) is 0.939. The number of nitro groups is 1. The molecule has 9 nitrogen and oxygen atoms in total. The molecule has 9 heteroatoms. The summed E-state index contributed by atoms with van der Waals surface area (Å²) in [7, 11) is 0. The van der Waals surface area contributed by atoms with Crippen LogP contribution in [0.3, 0.4) is 0 Å². The predicted octanol–water partition coefficient (Wildman–Crippen LogP) is 3.96. The standard InChI is InChI=1S/C20H25N5O4/c1-14(2)22-20(27)24-17-7-5-16(6-8-17)23-19(26)4-3-13-21-15-9-11-18(12-10-15)25(28)29/h5-12,14,21H,3-4,13H2,1-2H3,(H,23,26)(H2,22,24,27). The summed E-state index contributed by atoms with van der Waals surface area (Å²) in [4.78, 5) is 33.9. The third-order valence-corrected chi connectivity index (χ3v) is 3.83. The molecule has 0 unspecified atom stereocenters. The van der Waals surface area contributed by atoms with Crippen LogP contribution in [0.2, 0.25) is 0 Å². The van der Waals surface area contributed by atoms with E-state index in [9.17, 15) is 19.7 Å². The second-order valence-electron chi connectivity index (χ2n) is 6.71. The van der Waals surface area contributed by atoms with Gasteiger partial charge in [0.2, 0.25) is 5.91 Å². The van der Waals surface area contributed by atoms with E-state index >= 15 is 0 Å². The van der Waals surface area contributed by atoms with E-state index in [4.69, 9.17) is 0 Å². The monoisotopic (exact) mass is 399 g/mol. The topological polar surface area (TPSA) is 125 Å². The maximum Gasteiger partial charge on any atom is 0.319 e. The highest BCUT2D eigenvalue weighted by Crippen LogP contribution is 2.16. The van der Waals surface area contributed by atoms with Crippen molar-refractivity contribution in [3.63, 3.8) is 0 Å². The first-order chi connectivity index (χ1) is 13.8. The fraction of sp³-hybridized carbons (Fsp3) is 0.300. The Kier molecular flexibility index (Phi) is 7.96. The maximum atomic E-state index is 12.0. The minimum absolute atomic E-state index is 0.0386. The number of anilines is 3. The molecular formula is C20H25N5O4. The number of hydrogen-bond acceptors (Lipinski definition) is 5. The molecule has 4 N–H and O–H groups in total. The zero-order valence-electron chi connectivity index (χ0n) is 16.4. The van der Waals surface area contributed by atoms with Crippen molar-refractivity contribution in [2.75, 3.05) is 22.5 Å². The quantitative estimate of drug-likeness (QED) is 0.288. The molecule has 0 spiro atoms. The summed E-state index contributed by atoms with van der Waals surface area (Å²) in [6, 6.07) is 12.8. The SMILES string of the molecule is CC(C)NC(=O)Nc1ccc(NC(=O)CCCNc2ccc([N+](=O)[O-])cc2)cc1. The lowest BCUT2D eigenvalue weighted by molar-refractivity contribution is -0.384. The molecule has 0 atom stereocenters. The average Bonchev–Trinajstić information content (AvgIpc) is 2.66. The summed E-state index contributed by atoms with van der Waals surface area (Å²) in [5.41, 5.74) is 2.08. The van der Waals surface area contributed by atoms with Crippen LogP contribution < -0.4 is 21.3 Å². The van der Waals surface area contributed by atoms with E-state index in [-0.39, 0.29) is 23.7 Å². The molecule has 2 aromatic rings. The molecule has 0 aliphatic heterocycles. The van der Waals surface area contributed by atoms with Crippen molar-refractivity contribution < 1.29 is 14.5 Å². The Morgan fingerprint density at radius 2 is 1.48 bits per heavy atom. The second kappa shape index (κ2) is 10.6. The summed E-state index contributed by atoms with van der Waals surface area (Å²) in [5.74, 6) is -0.117. The van der Waals surface area contributed by atoms with Crippen molar-refractivity contribution in [1.29, 1.82) is 0 Å². The third-order valence-electron chi connectivity index (χ3n) is 3.83. The Balaban J connectivity index is 1.69. The van der Waals surface area contributed by atoms with Gasteiger partial charge in [0.25, 0.3) is 5.69 Å². The molecule has 154 valence electrons. The predicted molar refractivity (Wildman–Crippen MR) is 113 cm³/mol. The van der Waals surface area contributed by atoms with Crippen LogP contribution in [0, 0.1) is 10.1 Å². The summed E-state index contributed by atoms with van der Waals surface area (Å²) in [5, 5.41) is 22.0. The first-order valence-electron chi connectivity index (χ1n) is 9.29. The van der Waals surface area contributed by atoms with Crippen LogP contribution >= 0.6 is 0 Å². The van der Waals surface area contributed by atoms with Gasteiger partial charge in [-0.05, 0) is 56.7 Å². The van der Waals surface area contributed by atoms with Gasteiger partial charge in [-0.3, -0.25) is 14.9 Å². The molecule has 0 bridgehead atoms. The molecule has 2 rings (SSSR count). The number of nitrogens with zero attached hydrogens (tertiary/aromatic N) is 1. The van der Waals surface area contributed by atoms with E-state index in [0.29, 0.717) is 30.8 Å². The number of benzene rings is 2. The van der Waals surface area contributed by atoms with Crippen LogP contribution in [-0.4, -0.2) is 29.4 Å². The Labute approximate surface area is 169 Å². The van der Waals surface area contributed by atoms with E-state index < -0.39 is 4.92 Å². The highest BCUT2D eigenvalue weighted by atomic mass is 16.6. The molecular weight excluding hydrogens is 374 g/mol. The first-order valence-corrected chi connectivity index (χ1v) is 9.29. The number of nitro benzene ring substituents is 1. The van der Waals surface area contributed by atoms with Gasteiger partial charge in [-0.2, -0.15) is 0 Å². The van der Waals surface area contributed by atoms with Crippen LogP contribution in [0.5, 0.6) is 0 Å². The number of non-ortho nitro benzene ring substituents is 1. The van der Waals surface area contributed by atoms with E-state index in [1.807, 2.05) is 13.8 Å². The van der Waals surface area contributed by atoms with Crippen molar-refractivity contribution in [2.45, 2.75) is 32.7 Å². The van der Waals surface area contributed by atoms with Crippen molar-refractivity contribution in [2.24, 2.45) is 0 Å². The first kappa shape index (κ1) is 21.7. The van der Waals surface area contributed by atoms with Gasteiger partial charge in [-0.25, -0.2) is 4.79 Å². The lowest BCUT2D eigenvalue weighted by Crippen LogP contribution is -2.34. The lowest BCUT2D eigenvalue weighted by Gasteiger charge is -2.11. The molecule has 2 aromatic carbocycles. The molecule has 29 heavy (non-hydrogen) atoms. The van der Waals surface area contributed by atoms with Crippen molar-refractivity contribution in [3.8, 4) is 0 Å². The van der Waals surface area contributed by atoms with Crippen LogP contribution in [0.25, 0.3) is 0 Å². The zero-order valence-corrected chi connectivity index (χ0v) is 16.4. The Hall–Kier alpha value is -3.62. The van der Waals surface area contributed by atoms with Gasteiger partial charge in [-0.1, -0.05) is 0 Å². The Morgan fingerprint density at radius 3 is 2.03 bits per heavy atom. The Morgan fingerprint density at radius 1 is 0.931 bits per heavy atom. The maximum absolute atomic E-state index is 12.0. The number of hydrogen-bond donors (Lipinski definition) is 4.